The second-order valence-electron chi connectivity index (χ2n) is 7.00. The van der Waals surface area contributed by atoms with E-state index in [-0.39, 0.29) is 6.61 Å². The Morgan fingerprint density at radius 2 is 1.96 bits per heavy atom. The SMILES string of the molecule is CCOC(=O)c1c(CNc2cccnc2)[nH]c(C(=O)OC(C)(C)C)c1CC. The van der Waals surface area contributed by atoms with Crippen LogP contribution in [-0.4, -0.2) is 34.1 Å². The van der Waals surface area contributed by atoms with Crippen LogP contribution in [0, 0.1) is 0 Å². The molecule has 0 aliphatic heterocycles. The largest absolute Gasteiger partial charge is 0.462 e. The maximum absolute atomic E-state index is 12.6. The van der Waals surface area contributed by atoms with Crippen molar-refractivity contribution in [1.29, 1.82) is 0 Å². The molecule has 0 unspecified atom stereocenters. The van der Waals surface area contributed by atoms with Crippen LogP contribution in [0.2, 0.25) is 0 Å². The molecule has 0 aliphatic rings. The van der Waals surface area contributed by atoms with Crippen LogP contribution in [0.25, 0.3) is 0 Å². The molecule has 0 saturated carbocycles. The number of nitrogens with one attached hydrogen (secondary N) is 2. The molecular weight excluding hydrogens is 346 g/mol. The van der Waals surface area contributed by atoms with Gasteiger partial charge >= 0.3 is 11.9 Å². The molecule has 0 bridgehead atoms. The quantitative estimate of drug-likeness (QED) is 0.719. The number of carbonyl (C=O) groups is 2. The molecule has 2 rings (SSSR count). The number of H-pyrrole nitrogens is 1. The van der Waals surface area contributed by atoms with Gasteiger partial charge in [0.05, 0.1) is 24.4 Å². The number of anilines is 1. The summed E-state index contributed by atoms with van der Waals surface area (Å²) in [6.45, 7) is 9.61. The van der Waals surface area contributed by atoms with Crippen molar-refractivity contribution in [3.05, 3.63) is 47.0 Å². The van der Waals surface area contributed by atoms with Gasteiger partial charge in [-0.2, -0.15) is 0 Å². The molecule has 7 nitrogen and oxygen atoms in total. The number of ether oxygens (including phenoxy) is 2. The lowest BCUT2D eigenvalue weighted by atomic mass is 10.1. The second kappa shape index (κ2) is 8.70. The Hall–Kier alpha value is -2.83. The highest BCUT2D eigenvalue weighted by Crippen LogP contribution is 2.24. The summed E-state index contributed by atoms with van der Waals surface area (Å²) in [6.07, 6.45) is 3.86. The number of rotatable bonds is 7. The lowest BCUT2D eigenvalue weighted by Gasteiger charge is -2.19. The van der Waals surface area contributed by atoms with E-state index in [0.717, 1.165) is 5.69 Å². The molecular formula is C20H27N3O4. The van der Waals surface area contributed by atoms with Crippen LogP contribution in [0.3, 0.4) is 0 Å². The Labute approximate surface area is 159 Å². The van der Waals surface area contributed by atoms with Crippen LogP contribution in [0.4, 0.5) is 5.69 Å². The van der Waals surface area contributed by atoms with Gasteiger partial charge in [-0.15, -0.1) is 0 Å². The smallest absolute Gasteiger partial charge is 0.355 e. The molecule has 0 aliphatic carbocycles. The minimum Gasteiger partial charge on any atom is -0.462 e. The van der Waals surface area contributed by atoms with E-state index in [1.54, 1.807) is 40.1 Å². The molecule has 0 fully saturated rings. The highest BCUT2D eigenvalue weighted by atomic mass is 16.6. The molecule has 2 aromatic heterocycles. The monoisotopic (exact) mass is 373 g/mol. The predicted molar refractivity (Wildman–Crippen MR) is 103 cm³/mol. The van der Waals surface area contributed by atoms with Crippen molar-refractivity contribution in [3.8, 4) is 0 Å². The summed E-state index contributed by atoms with van der Waals surface area (Å²) in [5.41, 5.74) is 2.03. The summed E-state index contributed by atoms with van der Waals surface area (Å²) in [7, 11) is 0. The van der Waals surface area contributed by atoms with E-state index < -0.39 is 17.5 Å². The molecule has 0 spiro atoms. The second-order valence-corrected chi connectivity index (χ2v) is 7.00. The highest BCUT2D eigenvalue weighted by Gasteiger charge is 2.29. The summed E-state index contributed by atoms with van der Waals surface area (Å²) in [6, 6.07) is 3.68. The van der Waals surface area contributed by atoms with Crippen molar-refractivity contribution in [2.75, 3.05) is 11.9 Å². The van der Waals surface area contributed by atoms with Crippen molar-refractivity contribution < 1.29 is 19.1 Å². The Morgan fingerprint density at radius 1 is 1.22 bits per heavy atom. The fourth-order valence-electron chi connectivity index (χ4n) is 2.69. The molecule has 146 valence electrons. The third-order valence-electron chi connectivity index (χ3n) is 3.75. The normalized spacial score (nSPS) is 11.1. The highest BCUT2D eigenvalue weighted by molar-refractivity contribution is 5.99. The lowest BCUT2D eigenvalue weighted by molar-refractivity contribution is 0.00622. The summed E-state index contributed by atoms with van der Waals surface area (Å²) < 4.78 is 10.7. The zero-order valence-electron chi connectivity index (χ0n) is 16.5. The number of carbonyl (C=O) groups excluding carboxylic acids is 2. The Kier molecular flexibility index (Phi) is 6.60. The molecule has 0 atom stereocenters. The van der Waals surface area contributed by atoms with Gasteiger partial charge in [0, 0.05) is 18.1 Å². The molecule has 2 heterocycles. The zero-order valence-corrected chi connectivity index (χ0v) is 16.5. The maximum atomic E-state index is 12.6. The Bertz CT molecular complexity index is 792. The van der Waals surface area contributed by atoms with Gasteiger partial charge < -0.3 is 19.8 Å². The molecule has 2 N–H and O–H groups in total. The van der Waals surface area contributed by atoms with Crippen molar-refractivity contribution in [1.82, 2.24) is 9.97 Å². The van der Waals surface area contributed by atoms with Crippen LogP contribution < -0.4 is 5.32 Å². The number of aromatic nitrogens is 2. The van der Waals surface area contributed by atoms with E-state index >= 15 is 0 Å². The van der Waals surface area contributed by atoms with Crippen molar-refractivity contribution in [3.63, 3.8) is 0 Å². The number of nitrogens with zero attached hydrogens (tertiary/aromatic N) is 1. The standard InChI is InChI=1S/C20H27N3O4/c1-6-14-16(18(24)26-7-2)15(12-22-13-9-8-10-21-11-13)23-17(14)19(25)27-20(3,4)5/h8-11,22-23H,6-7,12H2,1-5H3. The third-order valence-corrected chi connectivity index (χ3v) is 3.75. The first-order valence-electron chi connectivity index (χ1n) is 9.04. The van der Waals surface area contributed by atoms with Crippen molar-refractivity contribution >= 4 is 17.6 Å². The van der Waals surface area contributed by atoms with Gasteiger partial charge in [-0.05, 0) is 51.8 Å². The Morgan fingerprint density at radius 3 is 2.52 bits per heavy atom. The molecule has 2 aromatic rings. The summed E-state index contributed by atoms with van der Waals surface area (Å²) in [5.74, 6) is -0.944. The van der Waals surface area contributed by atoms with E-state index in [9.17, 15) is 9.59 Å². The van der Waals surface area contributed by atoms with E-state index in [0.29, 0.717) is 35.5 Å². The topological polar surface area (TPSA) is 93.3 Å². The number of esters is 2. The van der Waals surface area contributed by atoms with Crippen molar-refractivity contribution in [2.24, 2.45) is 0 Å². The molecule has 0 aromatic carbocycles. The molecule has 0 radical (unpaired) electrons. The average Bonchev–Trinajstić information content (AvgIpc) is 2.98. The van der Waals surface area contributed by atoms with Crippen LogP contribution >= 0.6 is 0 Å². The number of hydrogen-bond acceptors (Lipinski definition) is 6. The van der Waals surface area contributed by atoms with Gasteiger partial charge in [0.2, 0.25) is 0 Å². The molecule has 0 amide bonds. The number of pyridine rings is 1. The zero-order chi connectivity index (χ0) is 20.0. The van der Waals surface area contributed by atoms with Crippen LogP contribution in [-0.2, 0) is 22.4 Å². The summed E-state index contributed by atoms with van der Waals surface area (Å²) in [4.78, 5) is 32.3. The number of hydrogen-bond donors (Lipinski definition) is 2. The minimum atomic E-state index is -0.634. The van der Waals surface area contributed by atoms with E-state index in [2.05, 4.69) is 15.3 Å². The van der Waals surface area contributed by atoms with Crippen LogP contribution in [0.5, 0.6) is 0 Å². The van der Waals surface area contributed by atoms with Crippen LogP contribution in [0.15, 0.2) is 24.5 Å². The van der Waals surface area contributed by atoms with Gasteiger partial charge in [-0.25, -0.2) is 9.59 Å². The first-order chi connectivity index (χ1) is 12.8. The van der Waals surface area contributed by atoms with Gasteiger partial charge in [-0.3, -0.25) is 4.98 Å². The maximum Gasteiger partial charge on any atom is 0.355 e. The first-order valence-corrected chi connectivity index (χ1v) is 9.04. The number of aromatic amines is 1. The fourth-order valence-corrected chi connectivity index (χ4v) is 2.69. The van der Waals surface area contributed by atoms with Gasteiger partial charge in [-0.1, -0.05) is 6.92 Å². The van der Waals surface area contributed by atoms with Gasteiger partial charge in [0.1, 0.15) is 11.3 Å². The van der Waals surface area contributed by atoms with Gasteiger partial charge in [0.25, 0.3) is 0 Å². The fraction of sp³-hybridized carbons (Fsp3) is 0.450. The average molecular weight is 373 g/mol. The van der Waals surface area contributed by atoms with E-state index in [1.807, 2.05) is 19.1 Å². The van der Waals surface area contributed by atoms with Crippen molar-refractivity contribution in [2.45, 2.75) is 53.2 Å². The molecule has 0 saturated heterocycles. The third kappa shape index (κ3) is 5.32. The van der Waals surface area contributed by atoms with E-state index in [1.165, 1.54) is 0 Å². The summed E-state index contributed by atoms with van der Waals surface area (Å²) >= 11 is 0. The summed E-state index contributed by atoms with van der Waals surface area (Å²) in [5, 5.41) is 3.20. The first kappa shape index (κ1) is 20.5. The minimum absolute atomic E-state index is 0.254. The molecule has 7 heteroatoms. The predicted octanol–water partition coefficient (Wildman–Crippen LogP) is 3.72. The lowest BCUT2D eigenvalue weighted by Crippen LogP contribution is -2.24. The Balaban J connectivity index is 2.40. The molecule has 27 heavy (non-hydrogen) atoms. The van der Waals surface area contributed by atoms with E-state index in [4.69, 9.17) is 9.47 Å². The van der Waals surface area contributed by atoms with Gasteiger partial charge in [0.15, 0.2) is 0 Å². The van der Waals surface area contributed by atoms with Crippen LogP contribution in [0.1, 0.15) is 66.7 Å².